The molecule has 63 heavy (non-hydrogen) atoms. The molecule has 0 aromatic heterocycles. The summed E-state index contributed by atoms with van der Waals surface area (Å²) in [5, 5.41) is 0. The monoisotopic (exact) mass is 891 g/mol. The summed E-state index contributed by atoms with van der Waals surface area (Å²) in [7, 11) is 0. The third-order valence-electron chi connectivity index (χ3n) is 13.0. The molecule has 0 aliphatic heterocycles. The van der Waals surface area contributed by atoms with Crippen LogP contribution >= 0.6 is 0 Å². The van der Waals surface area contributed by atoms with E-state index in [0.717, 1.165) is 63.7 Å². The molecule has 0 unspecified atom stereocenters. The molecule has 0 rings (SSSR count). The van der Waals surface area contributed by atoms with Gasteiger partial charge in [0.1, 0.15) is 13.2 Å². The van der Waals surface area contributed by atoms with Crippen LogP contribution in [0.15, 0.2) is 0 Å². The molecule has 6 heteroatoms. The van der Waals surface area contributed by atoms with Crippen molar-refractivity contribution in [1.82, 2.24) is 0 Å². The number of carbonyl (C=O) groups is 3. The zero-order valence-corrected chi connectivity index (χ0v) is 43.0. The number of ether oxygens (including phenoxy) is 3. The molecule has 0 heterocycles. The molecule has 0 aliphatic rings. The van der Waals surface area contributed by atoms with Gasteiger partial charge in [-0.2, -0.15) is 0 Å². The summed E-state index contributed by atoms with van der Waals surface area (Å²) in [4.78, 5) is 38.1. The first kappa shape index (κ1) is 61.4. The van der Waals surface area contributed by atoms with Crippen LogP contribution in [0.3, 0.4) is 0 Å². The fourth-order valence-corrected chi connectivity index (χ4v) is 8.75. The Morgan fingerprint density at radius 2 is 0.524 bits per heavy atom. The van der Waals surface area contributed by atoms with Crippen LogP contribution in [0.2, 0.25) is 0 Å². The van der Waals surface area contributed by atoms with E-state index in [1.54, 1.807) is 0 Å². The molecule has 374 valence electrons. The van der Waals surface area contributed by atoms with Gasteiger partial charge >= 0.3 is 17.9 Å². The second-order valence-corrected chi connectivity index (χ2v) is 20.1. The van der Waals surface area contributed by atoms with Gasteiger partial charge < -0.3 is 14.2 Å². The lowest BCUT2D eigenvalue weighted by Gasteiger charge is -2.18. The third kappa shape index (κ3) is 51.3. The molecule has 0 amide bonds. The number of esters is 3. The number of rotatable bonds is 52. The van der Waals surface area contributed by atoms with Crippen molar-refractivity contribution in [3.8, 4) is 0 Å². The SMILES string of the molecule is CCCCCCCCCCCCCCCCCCC(=O)O[C@@H](COC(=O)CCCCCCCCCCCCC)COC(=O)CCCCCCCCCCCCCCCCCC(C)C. The standard InChI is InChI=1S/C57H110O6/c1-5-7-9-11-13-15-17-18-19-22-26-30-34-38-42-46-50-57(60)63-54(51-61-55(58)48-44-40-36-32-27-16-14-12-10-8-6-2)52-62-56(59)49-45-41-37-33-29-25-23-20-21-24-28-31-35-39-43-47-53(3)4/h53-54H,5-52H2,1-4H3/t54-/m0/s1. The maximum atomic E-state index is 12.8. The average Bonchev–Trinajstić information content (AvgIpc) is 3.27. The molecule has 0 saturated carbocycles. The minimum Gasteiger partial charge on any atom is -0.462 e. The lowest BCUT2D eigenvalue weighted by Crippen LogP contribution is -2.30. The second-order valence-electron chi connectivity index (χ2n) is 20.1. The Kier molecular flexibility index (Phi) is 50.1. The molecule has 0 radical (unpaired) electrons. The fraction of sp³-hybridized carbons (Fsp3) is 0.947. The van der Waals surface area contributed by atoms with E-state index in [2.05, 4.69) is 27.7 Å². The van der Waals surface area contributed by atoms with E-state index in [0.29, 0.717) is 19.3 Å². The molecule has 6 nitrogen and oxygen atoms in total. The maximum Gasteiger partial charge on any atom is 0.306 e. The summed E-state index contributed by atoms with van der Waals surface area (Å²) in [5.74, 6) is 0.0119. The summed E-state index contributed by atoms with van der Waals surface area (Å²) >= 11 is 0. The van der Waals surface area contributed by atoms with E-state index in [9.17, 15) is 14.4 Å². The van der Waals surface area contributed by atoms with Gasteiger partial charge in [-0.15, -0.1) is 0 Å². The van der Waals surface area contributed by atoms with E-state index in [1.807, 2.05) is 0 Å². The van der Waals surface area contributed by atoms with E-state index in [4.69, 9.17) is 14.2 Å². The first-order valence-electron chi connectivity index (χ1n) is 28.4. The van der Waals surface area contributed by atoms with Gasteiger partial charge in [0.25, 0.3) is 0 Å². The van der Waals surface area contributed by atoms with Crippen molar-refractivity contribution in [2.24, 2.45) is 5.92 Å². The average molecular weight is 892 g/mol. The van der Waals surface area contributed by atoms with E-state index in [1.165, 1.54) is 218 Å². The summed E-state index contributed by atoms with van der Waals surface area (Å²) in [5.41, 5.74) is 0. The van der Waals surface area contributed by atoms with Crippen molar-refractivity contribution < 1.29 is 28.6 Å². The number of unbranched alkanes of at least 4 members (excludes halogenated alkanes) is 39. The van der Waals surface area contributed by atoms with Crippen molar-refractivity contribution in [3.63, 3.8) is 0 Å². The molecule has 0 aromatic carbocycles. The van der Waals surface area contributed by atoms with Crippen LogP contribution in [0.25, 0.3) is 0 Å². The summed E-state index contributed by atoms with van der Waals surface area (Å²) in [6, 6.07) is 0. The van der Waals surface area contributed by atoms with Gasteiger partial charge in [0, 0.05) is 19.3 Å². The van der Waals surface area contributed by atoms with Crippen molar-refractivity contribution in [1.29, 1.82) is 0 Å². The molecule has 0 aliphatic carbocycles. The van der Waals surface area contributed by atoms with Gasteiger partial charge in [-0.1, -0.05) is 285 Å². The summed E-state index contributed by atoms with van der Waals surface area (Å²) in [6.07, 6.45) is 55.2. The molecule has 0 saturated heterocycles. The quantitative estimate of drug-likeness (QED) is 0.0344. The molecular weight excluding hydrogens is 781 g/mol. The third-order valence-corrected chi connectivity index (χ3v) is 13.0. The number of hydrogen-bond acceptors (Lipinski definition) is 6. The Balaban J connectivity index is 4.26. The predicted octanol–water partition coefficient (Wildman–Crippen LogP) is 18.6. The topological polar surface area (TPSA) is 78.9 Å². The van der Waals surface area contributed by atoms with Crippen LogP contribution in [0, 0.1) is 5.92 Å². The van der Waals surface area contributed by atoms with Gasteiger partial charge in [-0.3, -0.25) is 14.4 Å². The first-order valence-corrected chi connectivity index (χ1v) is 28.4. The molecule has 0 bridgehead atoms. The highest BCUT2D eigenvalue weighted by Gasteiger charge is 2.19. The molecule has 1 atom stereocenters. The molecule has 0 N–H and O–H groups in total. The van der Waals surface area contributed by atoms with E-state index < -0.39 is 6.10 Å². The van der Waals surface area contributed by atoms with Crippen LogP contribution in [-0.4, -0.2) is 37.2 Å². The minimum absolute atomic E-state index is 0.0619. The number of carbonyl (C=O) groups excluding carboxylic acids is 3. The Labute approximate surface area is 393 Å². The minimum atomic E-state index is -0.761. The highest BCUT2D eigenvalue weighted by Crippen LogP contribution is 2.18. The van der Waals surface area contributed by atoms with Crippen LogP contribution in [-0.2, 0) is 28.6 Å². The fourth-order valence-electron chi connectivity index (χ4n) is 8.75. The van der Waals surface area contributed by atoms with Crippen LogP contribution in [0.4, 0.5) is 0 Å². The zero-order chi connectivity index (χ0) is 45.9. The Bertz CT molecular complexity index is 949. The van der Waals surface area contributed by atoms with Crippen LogP contribution < -0.4 is 0 Å². The first-order chi connectivity index (χ1) is 30.9. The van der Waals surface area contributed by atoms with Crippen molar-refractivity contribution in [2.75, 3.05) is 13.2 Å². The van der Waals surface area contributed by atoms with Gasteiger partial charge in [0.2, 0.25) is 0 Å². The van der Waals surface area contributed by atoms with Crippen LogP contribution in [0.1, 0.15) is 323 Å². The molecule has 0 spiro atoms. The largest absolute Gasteiger partial charge is 0.462 e. The van der Waals surface area contributed by atoms with Crippen LogP contribution in [0.5, 0.6) is 0 Å². The highest BCUT2D eigenvalue weighted by molar-refractivity contribution is 5.71. The molecule has 0 fully saturated rings. The summed E-state index contributed by atoms with van der Waals surface area (Å²) in [6.45, 7) is 9.06. The maximum absolute atomic E-state index is 12.8. The smallest absolute Gasteiger partial charge is 0.306 e. The van der Waals surface area contributed by atoms with Gasteiger partial charge in [-0.25, -0.2) is 0 Å². The lowest BCUT2D eigenvalue weighted by atomic mass is 10.0. The van der Waals surface area contributed by atoms with E-state index in [-0.39, 0.29) is 31.1 Å². The number of hydrogen-bond donors (Lipinski definition) is 0. The second kappa shape index (κ2) is 51.4. The Morgan fingerprint density at radius 3 is 0.778 bits per heavy atom. The zero-order valence-electron chi connectivity index (χ0n) is 43.0. The van der Waals surface area contributed by atoms with Crippen molar-refractivity contribution in [2.45, 2.75) is 329 Å². The molecule has 0 aromatic rings. The van der Waals surface area contributed by atoms with Gasteiger partial charge in [-0.05, 0) is 25.2 Å². The van der Waals surface area contributed by atoms with Crippen molar-refractivity contribution >= 4 is 17.9 Å². The van der Waals surface area contributed by atoms with E-state index >= 15 is 0 Å². The molecular formula is C57H110O6. The van der Waals surface area contributed by atoms with Gasteiger partial charge in [0.05, 0.1) is 0 Å². The van der Waals surface area contributed by atoms with Gasteiger partial charge in [0.15, 0.2) is 6.10 Å². The summed E-state index contributed by atoms with van der Waals surface area (Å²) < 4.78 is 16.9. The normalized spacial score (nSPS) is 12.0. The lowest BCUT2D eigenvalue weighted by molar-refractivity contribution is -0.167. The Hall–Kier alpha value is -1.59. The highest BCUT2D eigenvalue weighted by atomic mass is 16.6. The predicted molar refractivity (Wildman–Crippen MR) is 270 cm³/mol. The van der Waals surface area contributed by atoms with Crippen molar-refractivity contribution in [3.05, 3.63) is 0 Å². The Morgan fingerprint density at radius 1 is 0.302 bits per heavy atom.